The zero-order valence-corrected chi connectivity index (χ0v) is 15.1. The fourth-order valence-corrected chi connectivity index (χ4v) is 3.62. The second-order valence-corrected chi connectivity index (χ2v) is 6.77. The Morgan fingerprint density at radius 2 is 1.82 bits per heavy atom. The number of carbonyl (C=O) groups excluding carboxylic acids is 1. The molecule has 7 nitrogen and oxygen atoms in total. The van der Waals surface area contributed by atoms with Crippen LogP contribution in [0.4, 0.5) is 0 Å². The number of rotatable bonds is 4. The number of amides is 1. The third-order valence-electron chi connectivity index (χ3n) is 4.95. The lowest BCUT2D eigenvalue weighted by Crippen LogP contribution is -2.23. The monoisotopic (exact) mass is 373 g/mol. The van der Waals surface area contributed by atoms with Gasteiger partial charge in [-0.05, 0) is 36.4 Å². The summed E-state index contributed by atoms with van der Waals surface area (Å²) in [5.41, 5.74) is 10.4. The molecule has 4 N–H and O–H groups in total. The van der Waals surface area contributed by atoms with Crippen LogP contribution in [-0.4, -0.2) is 27.0 Å². The van der Waals surface area contributed by atoms with Crippen LogP contribution in [0.5, 0.6) is 11.5 Å². The van der Waals surface area contributed by atoms with Crippen molar-refractivity contribution in [1.82, 2.24) is 19.9 Å². The first-order valence-electron chi connectivity index (χ1n) is 9.17. The molecule has 0 fully saturated rings. The van der Waals surface area contributed by atoms with Gasteiger partial charge in [0.1, 0.15) is 17.2 Å². The number of hydrogen-bond acceptors (Lipinski definition) is 4. The van der Waals surface area contributed by atoms with Crippen molar-refractivity contribution in [1.29, 1.82) is 0 Å². The average Bonchev–Trinajstić information content (AvgIpc) is 3.25. The number of carbonyl (C=O) groups is 1. The summed E-state index contributed by atoms with van der Waals surface area (Å²) < 4.78 is 7.55. The van der Waals surface area contributed by atoms with E-state index in [-0.39, 0.29) is 0 Å². The Balaban J connectivity index is 1.54. The van der Waals surface area contributed by atoms with Crippen molar-refractivity contribution in [3.63, 3.8) is 0 Å². The minimum Gasteiger partial charge on any atom is -0.457 e. The maximum atomic E-state index is 12.2. The molecule has 0 atom stereocenters. The van der Waals surface area contributed by atoms with E-state index in [1.54, 1.807) is 4.52 Å². The highest BCUT2D eigenvalue weighted by atomic mass is 16.5. The summed E-state index contributed by atoms with van der Waals surface area (Å²) in [7, 11) is 0. The topological polar surface area (TPSA) is 97.4 Å². The van der Waals surface area contributed by atoms with Gasteiger partial charge in [-0.2, -0.15) is 0 Å². The Bertz CT molecular complexity index is 1160. The molecule has 2 aromatic carbocycles. The molecule has 28 heavy (non-hydrogen) atoms. The number of benzene rings is 2. The number of nitrogens with zero attached hydrogens (tertiary/aromatic N) is 2. The van der Waals surface area contributed by atoms with E-state index >= 15 is 0 Å². The van der Waals surface area contributed by atoms with Crippen LogP contribution in [0.1, 0.15) is 21.7 Å². The fourth-order valence-electron chi connectivity index (χ4n) is 3.62. The van der Waals surface area contributed by atoms with Crippen LogP contribution in [-0.2, 0) is 13.0 Å². The van der Waals surface area contributed by atoms with Crippen molar-refractivity contribution in [2.75, 3.05) is 6.54 Å². The van der Waals surface area contributed by atoms with Gasteiger partial charge >= 0.3 is 0 Å². The summed E-state index contributed by atoms with van der Waals surface area (Å²) in [6.07, 6.45) is 0.873. The van der Waals surface area contributed by atoms with E-state index in [1.807, 2.05) is 54.6 Å². The number of nitrogens with one attached hydrogen (secondary N) is 2. The molecule has 2 aromatic heterocycles. The third-order valence-corrected chi connectivity index (χ3v) is 4.95. The van der Waals surface area contributed by atoms with Gasteiger partial charge in [-0.25, -0.2) is 9.50 Å². The number of fused-ring (bicyclic) bond motifs is 3. The molecule has 0 unspecified atom stereocenters. The molecule has 1 aliphatic heterocycles. The van der Waals surface area contributed by atoms with Crippen LogP contribution in [0.15, 0.2) is 54.6 Å². The average molecular weight is 373 g/mol. The van der Waals surface area contributed by atoms with Gasteiger partial charge in [0, 0.05) is 36.3 Å². The van der Waals surface area contributed by atoms with Crippen molar-refractivity contribution in [2.24, 2.45) is 5.73 Å². The van der Waals surface area contributed by atoms with Crippen LogP contribution >= 0.6 is 0 Å². The Kier molecular flexibility index (Phi) is 3.87. The molecule has 0 aliphatic carbocycles. The van der Waals surface area contributed by atoms with Gasteiger partial charge in [-0.15, -0.1) is 0 Å². The first-order chi connectivity index (χ1) is 13.7. The van der Waals surface area contributed by atoms with Gasteiger partial charge in [0.05, 0.1) is 0 Å². The summed E-state index contributed by atoms with van der Waals surface area (Å²) in [6.45, 7) is 1.62. The Morgan fingerprint density at radius 1 is 1.07 bits per heavy atom. The number of aromatic amines is 1. The molecule has 1 amide bonds. The largest absolute Gasteiger partial charge is 0.457 e. The van der Waals surface area contributed by atoms with Gasteiger partial charge < -0.3 is 15.8 Å². The highest BCUT2D eigenvalue weighted by molar-refractivity contribution is 5.98. The smallest absolute Gasteiger partial charge is 0.269 e. The SMILES string of the molecule is NC(=O)c1c(-c2ccc(Oc3ccccc3)cc2)nc2c3c([nH]n12)CCNC3. The number of ether oxygens (including phenoxy) is 1. The maximum Gasteiger partial charge on any atom is 0.269 e. The molecule has 140 valence electrons. The van der Waals surface area contributed by atoms with E-state index in [1.165, 1.54) is 0 Å². The van der Waals surface area contributed by atoms with E-state index < -0.39 is 5.91 Å². The lowest BCUT2D eigenvalue weighted by atomic mass is 10.1. The second-order valence-electron chi connectivity index (χ2n) is 6.77. The van der Waals surface area contributed by atoms with Crippen molar-refractivity contribution < 1.29 is 9.53 Å². The Morgan fingerprint density at radius 3 is 2.57 bits per heavy atom. The second kappa shape index (κ2) is 6.54. The minimum atomic E-state index is -0.515. The maximum absolute atomic E-state index is 12.2. The normalized spacial score (nSPS) is 13.4. The van der Waals surface area contributed by atoms with E-state index in [0.29, 0.717) is 17.1 Å². The number of primary amides is 1. The van der Waals surface area contributed by atoms with Gasteiger partial charge in [0.25, 0.3) is 5.91 Å². The molecule has 0 radical (unpaired) electrons. The number of nitrogens with two attached hydrogens (primary N) is 1. The third kappa shape index (κ3) is 2.73. The predicted octanol–water partition coefficient (Wildman–Crippen LogP) is 2.87. The van der Waals surface area contributed by atoms with Gasteiger partial charge in [-0.3, -0.25) is 9.89 Å². The molecular weight excluding hydrogens is 354 g/mol. The summed E-state index contributed by atoms with van der Waals surface area (Å²) >= 11 is 0. The summed E-state index contributed by atoms with van der Waals surface area (Å²) in [4.78, 5) is 16.9. The van der Waals surface area contributed by atoms with Crippen LogP contribution in [0.2, 0.25) is 0 Å². The molecular formula is C21H19N5O2. The lowest BCUT2D eigenvalue weighted by molar-refractivity contribution is 0.0994. The van der Waals surface area contributed by atoms with Gasteiger partial charge in [0.2, 0.25) is 0 Å². The number of aromatic nitrogens is 3. The van der Waals surface area contributed by atoms with Crippen molar-refractivity contribution in [3.8, 4) is 22.8 Å². The van der Waals surface area contributed by atoms with Crippen LogP contribution < -0.4 is 15.8 Å². The molecule has 0 bridgehead atoms. The van der Waals surface area contributed by atoms with E-state index in [4.69, 9.17) is 15.5 Å². The lowest BCUT2D eigenvalue weighted by Gasteiger charge is -2.11. The molecule has 7 heteroatoms. The standard InChI is InChI=1S/C21H19N5O2/c22-20(27)19-18(24-21-16-12-23-11-10-17(16)25-26(19)21)13-6-8-15(9-7-13)28-14-4-2-1-3-5-14/h1-9,23,25H,10-12H2,(H2,22,27). The quantitative estimate of drug-likeness (QED) is 0.512. The minimum absolute atomic E-state index is 0.362. The highest BCUT2D eigenvalue weighted by Crippen LogP contribution is 2.30. The zero-order valence-electron chi connectivity index (χ0n) is 15.1. The first kappa shape index (κ1) is 16.6. The first-order valence-corrected chi connectivity index (χ1v) is 9.17. The molecule has 0 saturated carbocycles. The number of H-pyrrole nitrogens is 1. The van der Waals surface area contributed by atoms with Gasteiger partial charge in [-0.1, -0.05) is 18.2 Å². The molecule has 0 saturated heterocycles. The molecule has 5 rings (SSSR count). The number of hydrogen-bond donors (Lipinski definition) is 3. The summed E-state index contributed by atoms with van der Waals surface area (Å²) in [6, 6.07) is 17.1. The fraction of sp³-hybridized carbons (Fsp3) is 0.143. The van der Waals surface area contributed by atoms with Crippen LogP contribution in [0.3, 0.4) is 0 Å². The number of imidazole rings is 1. The van der Waals surface area contributed by atoms with E-state index in [9.17, 15) is 4.79 Å². The molecule has 3 heterocycles. The molecule has 4 aromatic rings. The van der Waals surface area contributed by atoms with Crippen molar-refractivity contribution in [3.05, 3.63) is 71.5 Å². The zero-order chi connectivity index (χ0) is 19.1. The van der Waals surface area contributed by atoms with Crippen molar-refractivity contribution in [2.45, 2.75) is 13.0 Å². The highest BCUT2D eigenvalue weighted by Gasteiger charge is 2.25. The van der Waals surface area contributed by atoms with Crippen molar-refractivity contribution >= 4 is 11.6 Å². The Hall–Kier alpha value is -3.58. The summed E-state index contributed by atoms with van der Waals surface area (Å²) in [5.74, 6) is 0.961. The predicted molar refractivity (Wildman–Crippen MR) is 105 cm³/mol. The molecule has 1 aliphatic rings. The van der Waals surface area contributed by atoms with E-state index in [2.05, 4.69) is 10.4 Å². The Labute approximate surface area is 161 Å². The molecule has 0 spiro atoms. The van der Waals surface area contributed by atoms with E-state index in [0.717, 1.165) is 47.7 Å². The van der Waals surface area contributed by atoms with Crippen LogP contribution in [0, 0.1) is 0 Å². The number of para-hydroxylation sites is 1. The van der Waals surface area contributed by atoms with Crippen LogP contribution in [0.25, 0.3) is 16.9 Å². The van der Waals surface area contributed by atoms with Gasteiger partial charge in [0.15, 0.2) is 11.3 Å². The summed E-state index contributed by atoms with van der Waals surface area (Å²) in [5, 5.41) is 6.63.